The van der Waals surface area contributed by atoms with Crippen molar-refractivity contribution < 1.29 is 4.79 Å². The number of hydrogen-bond donors (Lipinski definition) is 1. The maximum Gasteiger partial charge on any atom is 0.250 e. The number of aryl methyl sites for hydroxylation is 1. The van der Waals surface area contributed by atoms with Crippen LogP contribution in [0.1, 0.15) is 43.7 Å². The molecule has 1 heterocycles. The Labute approximate surface area is 124 Å². The van der Waals surface area contributed by atoms with Crippen LogP contribution >= 0.6 is 11.3 Å². The van der Waals surface area contributed by atoms with E-state index in [0.29, 0.717) is 0 Å². The molecule has 0 fully saturated rings. The fourth-order valence-electron chi connectivity index (χ4n) is 2.55. The van der Waals surface area contributed by atoms with Gasteiger partial charge in [0.15, 0.2) is 5.13 Å². The molecule has 0 spiro atoms. The molecule has 3 nitrogen and oxygen atoms in total. The lowest BCUT2D eigenvalue weighted by molar-refractivity contribution is -0.111. The van der Waals surface area contributed by atoms with Gasteiger partial charge in [0, 0.05) is 11.0 Å². The van der Waals surface area contributed by atoms with Crippen molar-refractivity contribution in [3.8, 4) is 0 Å². The largest absolute Gasteiger partial charge is 0.298 e. The van der Waals surface area contributed by atoms with E-state index in [-0.39, 0.29) is 5.91 Å². The number of nitrogens with zero attached hydrogens (tertiary/aromatic N) is 1. The Morgan fingerprint density at radius 2 is 2.35 bits per heavy atom. The monoisotopic (exact) mass is 290 g/mol. The Morgan fingerprint density at radius 1 is 1.50 bits per heavy atom. The van der Waals surface area contributed by atoms with Crippen molar-refractivity contribution in [3.63, 3.8) is 0 Å². The maximum atomic E-state index is 11.7. The molecule has 1 atom stereocenters. The molecule has 0 bridgehead atoms. The van der Waals surface area contributed by atoms with Gasteiger partial charge in [-0.05, 0) is 32.1 Å². The molecule has 0 saturated heterocycles. The van der Waals surface area contributed by atoms with Crippen molar-refractivity contribution in [1.82, 2.24) is 4.98 Å². The highest BCUT2D eigenvalue weighted by Crippen LogP contribution is 2.33. The van der Waals surface area contributed by atoms with E-state index in [1.165, 1.54) is 35.9 Å². The molecule has 0 saturated carbocycles. The van der Waals surface area contributed by atoms with Gasteiger partial charge < -0.3 is 0 Å². The SMILES string of the molecule is C/C=C/C=C/C(=O)Nc1nc2c(s1)CC(CCC)CC2. The van der Waals surface area contributed by atoms with E-state index in [2.05, 4.69) is 17.2 Å². The number of allylic oxidation sites excluding steroid dienone is 3. The van der Waals surface area contributed by atoms with Gasteiger partial charge in [-0.1, -0.05) is 38.0 Å². The fraction of sp³-hybridized carbons (Fsp3) is 0.500. The van der Waals surface area contributed by atoms with Crippen LogP contribution in [0.15, 0.2) is 24.3 Å². The quantitative estimate of drug-likeness (QED) is 0.654. The third-order valence-electron chi connectivity index (χ3n) is 3.52. The highest BCUT2D eigenvalue weighted by atomic mass is 32.1. The van der Waals surface area contributed by atoms with Crippen molar-refractivity contribution >= 4 is 22.4 Å². The van der Waals surface area contributed by atoms with E-state index in [1.54, 1.807) is 17.4 Å². The number of amides is 1. The second-order valence-corrected chi connectivity index (χ2v) is 6.24. The van der Waals surface area contributed by atoms with Gasteiger partial charge in [-0.25, -0.2) is 4.98 Å². The highest BCUT2D eigenvalue weighted by molar-refractivity contribution is 7.15. The predicted molar refractivity (Wildman–Crippen MR) is 85.1 cm³/mol. The number of fused-ring (bicyclic) bond motifs is 1. The lowest BCUT2D eigenvalue weighted by atomic mass is 9.88. The Hall–Kier alpha value is -1.42. The van der Waals surface area contributed by atoms with Crippen LogP contribution in [0.4, 0.5) is 5.13 Å². The Kier molecular flexibility index (Phi) is 5.53. The molecule has 1 aliphatic rings. The van der Waals surface area contributed by atoms with Crippen molar-refractivity contribution in [3.05, 3.63) is 34.9 Å². The minimum Gasteiger partial charge on any atom is -0.298 e. The second kappa shape index (κ2) is 7.39. The maximum absolute atomic E-state index is 11.7. The van der Waals surface area contributed by atoms with E-state index in [4.69, 9.17) is 0 Å². The number of anilines is 1. The van der Waals surface area contributed by atoms with Gasteiger partial charge in [-0.2, -0.15) is 0 Å². The zero-order valence-electron chi connectivity index (χ0n) is 12.2. The topological polar surface area (TPSA) is 42.0 Å². The Morgan fingerprint density at radius 3 is 3.10 bits per heavy atom. The summed E-state index contributed by atoms with van der Waals surface area (Å²) in [5, 5.41) is 3.59. The average molecular weight is 290 g/mol. The smallest absolute Gasteiger partial charge is 0.250 e. The molecule has 1 unspecified atom stereocenters. The van der Waals surface area contributed by atoms with Crippen LogP contribution in [0.25, 0.3) is 0 Å². The minimum atomic E-state index is -0.112. The van der Waals surface area contributed by atoms with Crippen molar-refractivity contribution in [2.75, 3.05) is 5.32 Å². The molecule has 4 heteroatoms. The first-order valence-electron chi connectivity index (χ1n) is 7.31. The zero-order chi connectivity index (χ0) is 14.4. The van der Waals surface area contributed by atoms with Crippen LogP contribution in [-0.4, -0.2) is 10.9 Å². The van der Waals surface area contributed by atoms with E-state index >= 15 is 0 Å². The van der Waals surface area contributed by atoms with Gasteiger partial charge in [0.25, 0.3) is 0 Å². The van der Waals surface area contributed by atoms with Crippen LogP contribution in [0.5, 0.6) is 0 Å². The minimum absolute atomic E-state index is 0.112. The lowest BCUT2D eigenvalue weighted by Crippen LogP contribution is -2.12. The van der Waals surface area contributed by atoms with Gasteiger partial charge in [-0.15, -0.1) is 11.3 Å². The molecule has 1 aromatic rings. The molecule has 1 aliphatic carbocycles. The molecule has 1 amide bonds. The first-order chi connectivity index (χ1) is 9.72. The number of rotatable bonds is 5. The Bertz CT molecular complexity index is 517. The van der Waals surface area contributed by atoms with E-state index < -0.39 is 0 Å². The van der Waals surface area contributed by atoms with Crippen molar-refractivity contribution in [1.29, 1.82) is 0 Å². The summed E-state index contributed by atoms with van der Waals surface area (Å²) in [6.45, 7) is 4.16. The number of nitrogens with one attached hydrogen (secondary N) is 1. The summed E-state index contributed by atoms with van der Waals surface area (Å²) >= 11 is 1.64. The molecular formula is C16H22N2OS. The summed E-state index contributed by atoms with van der Waals surface area (Å²) in [4.78, 5) is 17.6. The summed E-state index contributed by atoms with van der Waals surface area (Å²) in [6, 6.07) is 0. The van der Waals surface area contributed by atoms with Gasteiger partial charge in [0.1, 0.15) is 0 Å². The zero-order valence-corrected chi connectivity index (χ0v) is 13.0. The normalized spacial score (nSPS) is 18.6. The third-order valence-corrected chi connectivity index (χ3v) is 4.56. The summed E-state index contributed by atoms with van der Waals surface area (Å²) < 4.78 is 0. The molecule has 0 aliphatic heterocycles. The summed E-state index contributed by atoms with van der Waals surface area (Å²) in [5.74, 6) is 0.686. The van der Waals surface area contributed by atoms with Crippen molar-refractivity contribution in [2.24, 2.45) is 5.92 Å². The molecule has 1 aromatic heterocycles. The van der Waals surface area contributed by atoms with Crippen LogP contribution < -0.4 is 5.32 Å². The summed E-state index contributed by atoms with van der Waals surface area (Å²) in [7, 11) is 0. The van der Waals surface area contributed by atoms with Crippen molar-refractivity contribution in [2.45, 2.75) is 46.0 Å². The first kappa shape index (κ1) is 15.0. The van der Waals surface area contributed by atoms with Crippen LogP contribution in [0.2, 0.25) is 0 Å². The first-order valence-corrected chi connectivity index (χ1v) is 8.13. The highest BCUT2D eigenvalue weighted by Gasteiger charge is 2.22. The van der Waals surface area contributed by atoms with E-state index in [1.807, 2.05) is 19.1 Å². The molecule has 0 radical (unpaired) electrons. The van der Waals surface area contributed by atoms with Crippen LogP contribution in [-0.2, 0) is 17.6 Å². The molecule has 0 aromatic carbocycles. The number of thiazole rings is 1. The predicted octanol–water partition coefficient (Wildman–Crippen LogP) is 4.12. The fourth-order valence-corrected chi connectivity index (χ4v) is 3.68. The number of aromatic nitrogens is 1. The third kappa shape index (κ3) is 4.04. The Balaban J connectivity index is 1.97. The standard InChI is InChI=1S/C16H22N2OS/c1-3-5-6-8-15(19)18-16-17-13-10-9-12(7-4-2)11-14(13)20-16/h3,5-6,8,12H,4,7,9-11H2,1-2H3,(H,17,18,19)/b5-3+,8-6+. The van der Waals surface area contributed by atoms with Crippen LogP contribution in [0, 0.1) is 5.92 Å². The lowest BCUT2D eigenvalue weighted by Gasteiger charge is -2.19. The van der Waals surface area contributed by atoms with Gasteiger partial charge in [-0.3, -0.25) is 10.1 Å². The number of carbonyl (C=O) groups is 1. The average Bonchev–Trinajstić information content (AvgIpc) is 2.80. The second-order valence-electron chi connectivity index (χ2n) is 5.16. The van der Waals surface area contributed by atoms with Gasteiger partial charge in [0.2, 0.25) is 5.91 Å². The number of carbonyl (C=O) groups excluding carboxylic acids is 1. The summed E-state index contributed by atoms with van der Waals surface area (Å²) in [6.07, 6.45) is 13.0. The molecule has 108 valence electrons. The molecule has 20 heavy (non-hydrogen) atoms. The van der Waals surface area contributed by atoms with Crippen LogP contribution in [0.3, 0.4) is 0 Å². The van der Waals surface area contributed by atoms with E-state index in [9.17, 15) is 4.79 Å². The number of hydrogen-bond acceptors (Lipinski definition) is 3. The molecule has 1 N–H and O–H groups in total. The van der Waals surface area contributed by atoms with E-state index in [0.717, 1.165) is 23.9 Å². The molecule has 2 rings (SSSR count). The summed E-state index contributed by atoms with van der Waals surface area (Å²) in [5.41, 5.74) is 1.19. The van der Waals surface area contributed by atoms with Gasteiger partial charge >= 0.3 is 0 Å². The molecular weight excluding hydrogens is 268 g/mol. The van der Waals surface area contributed by atoms with Gasteiger partial charge in [0.05, 0.1) is 5.69 Å².